The Hall–Kier alpha value is -3.14. The van der Waals surface area contributed by atoms with Gasteiger partial charge in [0, 0.05) is 5.69 Å². The Morgan fingerprint density at radius 3 is 2.30 bits per heavy atom. The van der Waals surface area contributed by atoms with Gasteiger partial charge in [-0.15, -0.1) is 0 Å². The zero-order chi connectivity index (χ0) is 24.4. The molecule has 1 heterocycles. The standard InChI is InChI=1S/C20H14ClF3N4O3S2/c1-33(30,31)27-18(29)16-17(21)32-19(26-16)28(15-8-4-12(10-25)5-9-15)11-13-2-6-14(7-3-13)20(22,23)24/h2-9H,11H2,1H3,(H,27,29). The minimum Gasteiger partial charge on any atom is -0.313 e. The van der Waals surface area contributed by atoms with Gasteiger partial charge in [-0.2, -0.15) is 18.4 Å². The van der Waals surface area contributed by atoms with E-state index in [4.69, 9.17) is 16.9 Å². The first-order valence-corrected chi connectivity index (χ1v) is 12.1. The number of sulfonamides is 1. The number of aromatic nitrogens is 1. The molecular formula is C20H14ClF3N4O3S2. The van der Waals surface area contributed by atoms with Crippen LogP contribution in [-0.4, -0.2) is 25.6 Å². The fraction of sp³-hybridized carbons (Fsp3) is 0.150. The Morgan fingerprint density at radius 1 is 1.18 bits per heavy atom. The van der Waals surface area contributed by atoms with Crippen LogP contribution in [0.4, 0.5) is 24.0 Å². The summed E-state index contributed by atoms with van der Waals surface area (Å²) in [6, 6.07) is 12.8. The predicted molar refractivity (Wildman–Crippen MR) is 118 cm³/mol. The van der Waals surface area contributed by atoms with Crippen molar-refractivity contribution in [3.8, 4) is 6.07 Å². The number of halogens is 4. The van der Waals surface area contributed by atoms with Crippen LogP contribution in [0, 0.1) is 11.3 Å². The number of hydrogen-bond acceptors (Lipinski definition) is 7. The molecule has 0 radical (unpaired) electrons. The molecule has 1 N–H and O–H groups in total. The number of anilines is 2. The number of thiazole rings is 1. The first-order chi connectivity index (χ1) is 15.4. The van der Waals surface area contributed by atoms with Crippen LogP contribution in [0.2, 0.25) is 4.34 Å². The van der Waals surface area contributed by atoms with Crippen molar-refractivity contribution in [1.82, 2.24) is 9.71 Å². The van der Waals surface area contributed by atoms with Crippen molar-refractivity contribution >= 4 is 49.7 Å². The van der Waals surface area contributed by atoms with Crippen molar-refractivity contribution in [1.29, 1.82) is 5.26 Å². The van der Waals surface area contributed by atoms with Gasteiger partial charge in [0.15, 0.2) is 10.8 Å². The maximum absolute atomic E-state index is 12.9. The second-order valence-corrected chi connectivity index (χ2v) is 10.1. The number of nitrogens with one attached hydrogen (secondary N) is 1. The molecule has 0 aliphatic carbocycles. The van der Waals surface area contributed by atoms with Crippen molar-refractivity contribution < 1.29 is 26.4 Å². The van der Waals surface area contributed by atoms with Crippen LogP contribution in [0.25, 0.3) is 0 Å². The van der Waals surface area contributed by atoms with Gasteiger partial charge in [-0.1, -0.05) is 35.1 Å². The molecule has 0 fully saturated rings. The van der Waals surface area contributed by atoms with Gasteiger partial charge in [0.1, 0.15) is 4.34 Å². The van der Waals surface area contributed by atoms with E-state index >= 15 is 0 Å². The lowest BCUT2D eigenvalue weighted by Crippen LogP contribution is -2.29. The van der Waals surface area contributed by atoms with Crippen LogP contribution in [0.15, 0.2) is 48.5 Å². The number of amides is 1. The number of alkyl halides is 3. The van der Waals surface area contributed by atoms with Gasteiger partial charge in [-0.05, 0) is 42.0 Å². The summed E-state index contributed by atoms with van der Waals surface area (Å²) in [6.45, 7) is 0.0566. The maximum Gasteiger partial charge on any atom is 0.416 e. The summed E-state index contributed by atoms with van der Waals surface area (Å²) in [5, 5.41) is 9.23. The molecule has 1 aromatic heterocycles. The minimum atomic E-state index is -4.48. The highest BCUT2D eigenvalue weighted by atomic mass is 35.5. The van der Waals surface area contributed by atoms with Gasteiger partial charge in [0.25, 0.3) is 5.91 Å². The van der Waals surface area contributed by atoms with E-state index in [1.54, 1.807) is 33.9 Å². The number of rotatable bonds is 6. The van der Waals surface area contributed by atoms with Crippen molar-refractivity contribution in [3.05, 3.63) is 75.3 Å². The van der Waals surface area contributed by atoms with Crippen molar-refractivity contribution in [2.75, 3.05) is 11.2 Å². The molecule has 2 aromatic carbocycles. The van der Waals surface area contributed by atoms with Crippen molar-refractivity contribution in [2.45, 2.75) is 12.7 Å². The molecule has 33 heavy (non-hydrogen) atoms. The monoisotopic (exact) mass is 514 g/mol. The third-order valence-corrected chi connectivity index (χ3v) is 6.06. The Kier molecular flexibility index (Phi) is 6.97. The summed E-state index contributed by atoms with van der Waals surface area (Å²) < 4.78 is 63.1. The van der Waals surface area contributed by atoms with Crippen molar-refractivity contribution in [3.63, 3.8) is 0 Å². The van der Waals surface area contributed by atoms with Crippen LogP contribution in [0.1, 0.15) is 27.2 Å². The van der Waals surface area contributed by atoms with E-state index in [0.29, 0.717) is 16.8 Å². The molecular weight excluding hydrogens is 501 g/mol. The summed E-state index contributed by atoms with van der Waals surface area (Å²) in [5.74, 6) is -1.01. The zero-order valence-corrected chi connectivity index (χ0v) is 19.1. The molecule has 3 aromatic rings. The van der Waals surface area contributed by atoms with E-state index in [1.807, 2.05) is 6.07 Å². The number of carbonyl (C=O) groups is 1. The quantitative estimate of drug-likeness (QED) is 0.511. The van der Waals surface area contributed by atoms with Crippen LogP contribution >= 0.6 is 22.9 Å². The van der Waals surface area contributed by atoms with Gasteiger partial charge in [0.05, 0.1) is 30.0 Å². The van der Waals surface area contributed by atoms with E-state index in [1.165, 1.54) is 12.1 Å². The Labute approximate surface area is 196 Å². The van der Waals surface area contributed by atoms with E-state index < -0.39 is 27.7 Å². The van der Waals surface area contributed by atoms with E-state index in [2.05, 4.69) is 4.98 Å². The average Bonchev–Trinajstić information content (AvgIpc) is 3.12. The minimum absolute atomic E-state index is 0.0566. The first-order valence-electron chi connectivity index (χ1n) is 8.99. The molecule has 0 spiro atoms. The highest BCUT2D eigenvalue weighted by Gasteiger charge is 2.30. The lowest BCUT2D eigenvalue weighted by Gasteiger charge is -2.22. The fourth-order valence-electron chi connectivity index (χ4n) is 2.73. The topological polar surface area (TPSA) is 103 Å². The van der Waals surface area contributed by atoms with Crippen molar-refractivity contribution in [2.24, 2.45) is 0 Å². The summed E-state index contributed by atoms with van der Waals surface area (Å²) in [5.41, 5.74) is 0.301. The highest BCUT2D eigenvalue weighted by Crippen LogP contribution is 2.36. The summed E-state index contributed by atoms with van der Waals surface area (Å²) in [6.07, 6.45) is -3.67. The molecule has 0 bridgehead atoms. The van der Waals surface area contributed by atoms with Gasteiger partial charge in [0.2, 0.25) is 10.0 Å². The van der Waals surface area contributed by atoms with Crippen LogP contribution < -0.4 is 9.62 Å². The summed E-state index contributed by atoms with van der Waals surface area (Å²) in [7, 11) is -3.85. The largest absolute Gasteiger partial charge is 0.416 e. The Balaban J connectivity index is 2.00. The second-order valence-electron chi connectivity index (χ2n) is 6.76. The maximum atomic E-state index is 12.9. The van der Waals surface area contributed by atoms with Crippen LogP contribution in [0.5, 0.6) is 0 Å². The van der Waals surface area contributed by atoms with Gasteiger partial charge < -0.3 is 4.90 Å². The summed E-state index contributed by atoms with van der Waals surface area (Å²) >= 11 is 7.02. The van der Waals surface area contributed by atoms with E-state index in [9.17, 15) is 26.4 Å². The molecule has 0 saturated carbocycles. The molecule has 0 aliphatic heterocycles. The third kappa shape index (κ3) is 6.22. The number of carbonyl (C=O) groups excluding carboxylic acids is 1. The van der Waals surface area contributed by atoms with Gasteiger partial charge in [-0.3, -0.25) is 4.79 Å². The fourth-order valence-corrected chi connectivity index (χ4v) is 4.31. The zero-order valence-electron chi connectivity index (χ0n) is 16.7. The molecule has 0 unspecified atom stereocenters. The first kappa shape index (κ1) is 24.5. The average molecular weight is 515 g/mol. The molecule has 3 rings (SSSR count). The predicted octanol–water partition coefficient (Wildman–Crippen LogP) is 4.71. The Morgan fingerprint density at radius 2 is 1.79 bits per heavy atom. The molecule has 1 amide bonds. The van der Waals surface area contributed by atoms with Crippen LogP contribution in [0.3, 0.4) is 0 Å². The third-order valence-electron chi connectivity index (χ3n) is 4.23. The van der Waals surface area contributed by atoms with E-state index in [-0.39, 0.29) is 21.7 Å². The number of hydrogen-bond donors (Lipinski definition) is 1. The lowest BCUT2D eigenvalue weighted by molar-refractivity contribution is -0.137. The van der Waals surface area contributed by atoms with Gasteiger partial charge >= 0.3 is 6.18 Å². The van der Waals surface area contributed by atoms with Crippen LogP contribution in [-0.2, 0) is 22.7 Å². The number of benzene rings is 2. The lowest BCUT2D eigenvalue weighted by atomic mass is 10.1. The summed E-state index contributed by atoms with van der Waals surface area (Å²) in [4.78, 5) is 18.0. The molecule has 7 nitrogen and oxygen atoms in total. The van der Waals surface area contributed by atoms with E-state index in [0.717, 1.165) is 29.7 Å². The molecule has 13 heteroatoms. The normalized spacial score (nSPS) is 11.6. The molecule has 0 saturated heterocycles. The number of nitrogens with zero attached hydrogens (tertiary/aromatic N) is 3. The molecule has 0 atom stereocenters. The van der Waals surface area contributed by atoms with Gasteiger partial charge in [-0.25, -0.2) is 18.1 Å². The number of nitriles is 1. The SMILES string of the molecule is CS(=O)(=O)NC(=O)c1nc(N(Cc2ccc(C(F)(F)F)cc2)c2ccc(C#N)cc2)sc1Cl. The molecule has 172 valence electrons. The smallest absolute Gasteiger partial charge is 0.313 e. The molecule has 0 aliphatic rings. The highest BCUT2D eigenvalue weighted by molar-refractivity contribution is 7.89. The second kappa shape index (κ2) is 9.38. The Bertz CT molecular complexity index is 1320.